The van der Waals surface area contributed by atoms with Gasteiger partial charge in [-0.2, -0.15) is 5.10 Å². The second kappa shape index (κ2) is 8.27. The van der Waals surface area contributed by atoms with Crippen molar-refractivity contribution in [1.29, 1.82) is 0 Å². The Bertz CT molecular complexity index is 1560. The second-order valence-corrected chi connectivity index (χ2v) is 7.62. The van der Waals surface area contributed by atoms with Gasteiger partial charge in [0, 0.05) is 29.5 Å². The Hall–Kier alpha value is -4.39. The van der Waals surface area contributed by atoms with E-state index in [1.54, 1.807) is 24.7 Å². The predicted molar refractivity (Wildman–Crippen MR) is 130 cm³/mol. The summed E-state index contributed by atoms with van der Waals surface area (Å²) >= 11 is 0. The van der Waals surface area contributed by atoms with Gasteiger partial charge < -0.3 is 4.98 Å². The molecule has 5 aromatic rings. The van der Waals surface area contributed by atoms with Crippen LogP contribution in [0.4, 0.5) is 4.39 Å². The highest BCUT2D eigenvalue weighted by Gasteiger charge is 2.18. The molecular formula is C26H21FN6. The topological polar surface area (TPSA) is 83.1 Å². The van der Waals surface area contributed by atoms with Crippen LogP contribution in [0.3, 0.4) is 0 Å². The number of rotatable bonds is 5. The summed E-state index contributed by atoms with van der Waals surface area (Å²) in [6.07, 6.45) is 10.8. The molecule has 0 atom stereocenters. The fourth-order valence-electron chi connectivity index (χ4n) is 4.07. The third kappa shape index (κ3) is 3.53. The van der Waals surface area contributed by atoms with E-state index in [9.17, 15) is 0 Å². The first kappa shape index (κ1) is 20.5. The molecule has 4 heterocycles. The van der Waals surface area contributed by atoms with Gasteiger partial charge in [0.2, 0.25) is 0 Å². The number of halogens is 1. The standard InChI is InChI=1S/C26H21FN6/c1-4-6-15(3)18(5-2)17-13-19-23(20(27)14-17)32-33-24(19)26-30-21-9-12-29-22(25(21)31-26)16-7-10-28-11-8-16/h4-14H,1H2,2-3H3,(H,30,31)(H,32,33)/b15-6-,18-5+. The minimum Gasteiger partial charge on any atom is -0.337 e. The highest BCUT2D eigenvalue weighted by Crippen LogP contribution is 2.33. The number of nitrogens with one attached hydrogen (secondary N) is 2. The van der Waals surface area contributed by atoms with Crippen molar-refractivity contribution >= 4 is 27.5 Å². The summed E-state index contributed by atoms with van der Waals surface area (Å²) in [5, 5.41) is 7.83. The van der Waals surface area contributed by atoms with Crippen LogP contribution >= 0.6 is 0 Å². The van der Waals surface area contributed by atoms with Crippen LogP contribution in [0.1, 0.15) is 19.4 Å². The Kier molecular flexibility index (Phi) is 5.14. The third-order valence-corrected chi connectivity index (χ3v) is 5.60. The molecule has 0 saturated carbocycles. The largest absolute Gasteiger partial charge is 0.337 e. The van der Waals surface area contributed by atoms with Crippen molar-refractivity contribution in [3.8, 4) is 22.8 Å². The first-order valence-electron chi connectivity index (χ1n) is 10.5. The summed E-state index contributed by atoms with van der Waals surface area (Å²) < 4.78 is 15.0. The van der Waals surface area contributed by atoms with Crippen molar-refractivity contribution in [1.82, 2.24) is 30.1 Å². The number of imidazole rings is 1. The van der Waals surface area contributed by atoms with Gasteiger partial charge in [-0.05, 0) is 60.9 Å². The van der Waals surface area contributed by atoms with Crippen LogP contribution in [0.15, 0.2) is 79.3 Å². The van der Waals surface area contributed by atoms with Crippen molar-refractivity contribution in [3.05, 3.63) is 90.7 Å². The average Bonchev–Trinajstić information content (AvgIpc) is 3.44. The summed E-state index contributed by atoms with van der Waals surface area (Å²) in [5.41, 5.74) is 6.77. The zero-order valence-corrected chi connectivity index (χ0v) is 18.2. The Labute approximate surface area is 189 Å². The Morgan fingerprint density at radius 3 is 2.67 bits per heavy atom. The van der Waals surface area contributed by atoms with Crippen LogP contribution in [-0.4, -0.2) is 30.1 Å². The number of aromatic nitrogens is 6. The summed E-state index contributed by atoms with van der Waals surface area (Å²) in [5.74, 6) is 0.166. The number of fused-ring (bicyclic) bond motifs is 2. The minimum absolute atomic E-state index is 0.266. The smallest absolute Gasteiger partial charge is 0.157 e. The Balaban J connectivity index is 1.69. The molecule has 0 aliphatic carbocycles. The number of hydrogen-bond donors (Lipinski definition) is 2. The van der Waals surface area contributed by atoms with E-state index in [-0.39, 0.29) is 5.52 Å². The fraction of sp³-hybridized carbons (Fsp3) is 0.0769. The average molecular weight is 436 g/mol. The van der Waals surface area contributed by atoms with Gasteiger partial charge in [-0.3, -0.25) is 15.1 Å². The predicted octanol–water partition coefficient (Wildman–Crippen LogP) is 6.24. The lowest BCUT2D eigenvalue weighted by Crippen LogP contribution is -1.90. The quantitative estimate of drug-likeness (QED) is 0.320. The monoisotopic (exact) mass is 436 g/mol. The van der Waals surface area contributed by atoms with E-state index < -0.39 is 5.82 Å². The summed E-state index contributed by atoms with van der Waals surface area (Å²) in [6.45, 7) is 7.67. The zero-order valence-electron chi connectivity index (χ0n) is 18.2. The molecule has 33 heavy (non-hydrogen) atoms. The first-order valence-corrected chi connectivity index (χ1v) is 10.5. The highest BCUT2D eigenvalue weighted by molar-refractivity contribution is 5.98. The molecule has 0 amide bonds. The number of hydrogen-bond acceptors (Lipinski definition) is 4. The lowest BCUT2D eigenvalue weighted by molar-refractivity contribution is 0.636. The van der Waals surface area contributed by atoms with E-state index in [4.69, 9.17) is 4.98 Å². The third-order valence-electron chi connectivity index (χ3n) is 5.60. The van der Waals surface area contributed by atoms with Crippen LogP contribution in [0, 0.1) is 5.82 Å². The van der Waals surface area contributed by atoms with Gasteiger partial charge in [0.05, 0.1) is 11.2 Å². The van der Waals surface area contributed by atoms with E-state index in [1.165, 1.54) is 6.07 Å². The van der Waals surface area contributed by atoms with Gasteiger partial charge in [-0.15, -0.1) is 0 Å². The SMILES string of the molecule is C=C/C=C(C)\C(=C/C)c1cc(F)c2n[nH]c(-c3nc4c(-c5ccncc5)nccc4[nH]3)c2c1. The summed E-state index contributed by atoms with van der Waals surface area (Å²) in [7, 11) is 0. The molecule has 6 nitrogen and oxygen atoms in total. The van der Waals surface area contributed by atoms with Crippen molar-refractivity contribution < 1.29 is 4.39 Å². The summed E-state index contributed by atoms with van der Waals surface area (Å²) in [4.78, 5) is 16.7. The number of nitrogens with zero attached hydrogens (tertiary/aromatic N) is 4. The maximum Gasteiger partial charge on any atom is 0.157 e. The van der Waals surface area contributed by atoms with Gasteiger partial charge >= 0.3 is 0 Å². The lowest BCUT2D eigenvalue weighted by atomic mass is 9.96. The van der Waals surface area contributed by atoms with Crippen molar-refractivity contribution in [3.63, 3.8) is 0 Å². The van der Waals surface area contributed by atoms with Crippen molar-refractivity contribution in [2.24, 2.45) is 0 Å². The van der Waals surface area contributed by atoms with Crippen LogP contribution in [0.5, 0.6) is 0 Å². The van der Waals surface area contributed by atoms with Crippen LogP contribution in [-0.2, 0) is 0 Å². The minimum atomic E-state index is -0.397. The number of benzene rings is 1. The molecule has 4 aromatic heterocycles. The maximum atomic E-state index is 15.0. The molecule has 0 aliphatic heterocycles. The van der Waals surface area contributed by atoms with E-state index >= 15 is 4.39 Å². The molecular weight excluding hydrogens is 415 g/mol. The first-order chi connectivity index (χ1) is 16.1. The van der Waals surface area contributed by atoms with Crippen LogP contribution in [0.2, 0.25) is 0 Å². The molecule has 0 spiro atoms. The van der Waals surface area contributed by atoms with Crippen LogP contribution in [0.25, 0.3) is 50.3 Å². The molecule has 0 radical (unpaired) electrons. The lowest BCUT2D eigenvalue weighted by Gasteiger charge is -2.09. The molecule has 0 aliphatic rings. The maximum absolute atomic E-state index is 15.0. The van der Waals surface area contributed by atoms with Gasteiger partial charge in [-0.1, -0.05) is 24.8 Å². The van der Waals surface area contributed by atoms with Gasteiger partial charge in [0.15, 0.2) is 11.6 Å². The molecule has 0 unspecified atom stereocenters. The molecule has 0 bridgehead atoms. The number of pyridine rings is 2. The molecule has 162 valence electrons. The van der Waals surface area contributed by atoms with Crippen molar-refractivity contribution in [2.75, 3.05) is 0 Å². The normalized spacial score (nSPS) is 12.6. The van der Waals surface area contributed by atoms with E-state index in [0.717, 1.165) is 39.0 Å². The van der Waals surface area contributed by atoms with Crippen molar-refractivity contribution in [2.45, 2.75) is 13.8 Å². The summed E-state index contributed by atoms with van der Waals surface area (Å²) in [6, 6.07) is 9.08. The van der Waals surface area contributed by atoms with E-state index in [1.807, 2.05) is 50.3 Å². The molecule has 7 heteroatoms. The molecule has 0 saturated heterocycles. The van der Waals surface area contributed by atoms with Gasteiger partial charge in [-0.25, -0.2) is 9.37 Å². The highest BCUT2D eigenvalue weighted by atomic mass is 19.1. The molecule has 0 fully saturated rings. The molecule has 1 aromatic carbocycles. The van der Waals surface area contributed by atoms with E-state index in [2.05, 4.69) is 31.7 Å². The van der Waals surface area contributed by atoms with Gasteiger partial charge in [0.25, 0.3) is 0 Å². The van der Waals surface area contributed by atoms with Gasteiger partial charge in [0.1, 0.15) is 16.7 Å². The Morgan fingerprint density at radius 2 is 1.91 bits per heavy atom. The molecule has 2 N–H and O–H groups in total. The molecule has 5 rings (SSSR count). The number of allylic oxidation sites excluding steroid dienone is 5. The fourth-order valence-corrected chi connectivity index (χ4v) is 4.07. The van der Waals surface area contributed by atoms with Crippen LogP contribution < -0.4 is 0 Å². The van der Waals surface area contributed by atoms with E-state index in [0.29, 0.717) is 16.9 Å². The number of aromatic amines is 2. The zero-order chi connectivity index (χ0) is 22.9. The Morgan fingerprint density at radius 1 is 1.09 bits per heavy atom. The second-order valence-electron chi connectivity index (χ2n) is 7.62. The number of H-pyrrole nitrogens is 2.